The largest absolute Gasteiger partial charge is 0.320 e. The maximum absolute atomic E-state index is 12.3. The molecule has 9 heteroatoms. The van der Waals surface area contributed by atoms with Crippen LogP contribution in [0.5, 0.6) is 0 Å². The number of benzene rings is 2. The molecule has 0 atom stereocenters. The number of sulfonamides is 1. The molecule has 0 radical (unpaired) electrons. The number of carbonyl (C=O) groups is 1. The number of hydrogen-bond donors (Lipinski definition) is 2. The summed E-state index contributed by atoms with van der Waals surface area (Å²) in [4.78, 5) is 12.5. The topological polar surface area (TPSA) is 108 Å². The number of anilines is 1. The van der Waals surface area contributed by atoms with Crippen LogP contribution < -0.4 is 5.32 Å². The summed E-state index contributed by atoms with van der Waals surface area (Å²) in [6.07, 6.45) is 0. The van der Waals surface area contributed by atoms with Crippen LogP contribution in [0.4, 0.5) is 5.69 Å². The Morgan fingerprint density at radius 3 is 2.46 bits per heavy atom. The van der Waals surface area contributed by atoms with Crippen molar-refractivity contribution < 1.29 is 13.2 Å². The number of hydrogen-bond acceptors (Lipinski definition) is 5. The summed E-state index contributed by atoms with van der Waals surface area (Å²) in [5, 5.41) is 13.2. The summed E-state index contributed by atoms with van der Waals surface area (Å²) in [6, 6.07) is 11.0. The molecule has 0 bridgehead atoms. The van der Waals surface area contributed by atoms with Gasteiger partial charge in [-0.25, -0.2) is 12.7 Å². The summed E-state index contributed by atoms with van der Waals surface area (Å²) < 4.78 is 25.2. The number of H-pyrrole nitrogens is 1. The van der Waals surface area contributed by atoms with Crippen molar-refractivity contribution in [1.82, 2.24) is 19.7 Å². The molecule has 8 nitrogen and oxygen atoms in total. The van der Waals surface area contributed by atoms with Gasteiger partial charge < -0.3 is 5.32 Å². The van der Waals surface area contributed by atoms with Gasteiger partial charge >= 0.3 is 0 Å². The fraction of sp³-hybridized carbons (Fsp3) is 0.133. The van der Waals surface area contributed by atoms with E-state index < -0.39 is 10.0 Å². The Balaban J connectivity index is 1.85. The molecule has 3 rings (SSSR count). The van der Waals surface area contributed by atoms with Crippen molar-refractivity contribution in [2.75, 3.05) is 19.4 Å². The van der Waals surface area contributed by atoms with Gasteiger partial charge in [0, 0.05) is 19.7 Å². The second kappa shape index (κ2) is 6.02. The summed E-state index contributed by atoms with van der Waals surface area (Å²) in [5.41, 5.74) is 2.06. The summed E-state index contributed by atoms with van der Waals surface area (Å²) in [5.74, 6) is -0.362. The number of carbonyl (C=O) groups excluding carboxylic acids is 1. The first-order valence-electron chi connectivity index (χ1n) is 7.03. The minimum Gasteiger partial charge on any atom is -0.320 e. The van der Waals surface area contributed by atoms with Crippen LogP contribution in [0.25, 0.3) is 11.0 Å². The van der Waals surface area contributed by atoms with Gasteiger partial charge in [0.15, 0.2) is 0 Å². The van der Waals surface area contributed by atoms with Crippen LogP contribution in [-0.4, -0.2) is 48.1 Å². The highest BCUT2D eigenvalue weighted by Gasteiger charge is 2.18. The van der Waals surface area contributed by atoms with Crippen LogP contribution in [0, 0.1) is 0 Å². The Kier molecular flexibility index (Phi) is 4.04. The molecule has 2 aromatic carbocycles. The molecule has 0 aliphatic rings. The zero-order chi connectivity index (χ0) is 17.3. The van der Waals surface area contributed by atoms with Crippen LogP contribution in [0.1, 0.15) is 10.4 Å². The van der Waals surface area contributed by atoms with E-state index in [1.54, 1.807) is 18.2 Å². The van der Waals surface area contributed by atoms with Crippen LogP contribution in [0.3, 0.4) is 0 Å². The van der Waals surface area contributed by atoms with Crippen molar-refractivity contribution in [1.29, 1.82) is 0 Å². The standard InChI is InChI=1S/C15H15N5O3S/c1-20(2)24(22,23)11-8-6-10(7-9-11)15(21)16-12-4-3-5-13-14(12)18-19-17-13/h3-9H,1-2H3,(H,16,21)(H,17,18,19). The normalized spacial score (nSPS) is 11.8. The Morgan fingerprint density at radius 2 is 1.79 bits per heavy atom. The van der Waals surface area contributed by atoms with E-state index in [0.717, 1.165) is 4.31 Å². The molecule has 1 aromatic heterocycles. The van der Waals surface area contributed by atoms with E-state index in [4.69, 9.17) is 0 Å². The number of aromatic nitrogens is 3. The Bertz CT molecular complexity index is 993. The van der Waals surface area contributed by atoms with Gasteiger partial charge in [-0.15, -0.1) is 0 Å². The third-order valence-corrected chi connectivity index (χ3v) is 5.32. The number of fused-ring (bicyclic) bond motifs is 1. The highest BCUT2D eigenvalue weighted by molar-refractivity contribution is 7.89. The minimum atomic E-state index is -3.52. The highest BCUT2D eigenvalue weighted by atomic mass is 32.2. The zero-order valence-corrected chi connectivity index (χ0v) is 13.8. The quantitative estimate of drug-likeness (QED) is 0.744. The number of para-hydroxylation sites is 1. The number of rotatable bonds is 4. The second-order valence-corrected chi connectivity index (χ2v) is 7.41. The molecule has 1 amide bonds. The monoisotopic (exact) mass is 345 g/mol. The lowest BCUT2D eigenvalue weighted by Gasteiger charge is -2.11. The van der Waals surface area contributed by atoms with Gasteiger partial charge in [0.1, 0.15) is 11.0 Å². The smallest absolute Gasteiger partial charge is 0.255 e. The molecule has 2 N–H and O–H groups in total. The third kappa shape index (κ3) is 2.86. The maximum Gasteiger partial charge on any atom is 0.255 e. The van der Waals surface area contributed by atoms with Crippen molar-refractivity contribution in [3.63, 3.8) is 0 Å². The number of amides is 1. The lowest BCUT2D eigenvalue weighted by atomic mass is 10.2. The lowest BCUT2D eigenvalue weighted by Crippen LogP contribution is -2.22. The van der Waals surface area contributed by atoms with Crippen LogP contribution >= 0.6 is 0 Å². The van der Waals surface area contributed by atoms with Gasteiger partial charge in [-0.2, -0.15) is 15.4 Å². The maximum atomic E-state index is 12.3. The van der Waals surface area contributed by atoms with E-state index in [1.807, 2.05) is 0 Å². The van der Waals surface area contributed by atoms with Crippen molar-refractivity contribution in [2.24, 2.45) is 0 Å². The summed E-state index contributed by atoms with van der Waals surface area (Å²) in [7, 11) is -0.615. The predicted octanol–water partition coefficient (Wildman–Crippen LogP) is 1.46. The first-order valence-corrected chi connectivity index (χ1v) is 8.47. The molecule has 3 aromatic rings. The van der Waals surface area contributed by atoms with Crippen molar-refractivity contribution in [3.05, 3.63) is 48.0 Å². The lowest BCUT2D eigenvalue weighted by molar-refractivity contribution is 0.102. The van der Waals surface area contributed by atoms with E-state index in [0.29, 0.717) is 22.3 Å². The molecule has 24 heavy (non-hydrogen) atoms. The Morgan fingerprint density at radius 1 is 1.08 bits per heavy atom. The second-order valence-electron chi connectivity index (χ2n) is 5.26. The highest BCUT2D eigenvalue weighted by Crippen LogP contribution is 2.20. The van der Waals surface area contributed by atoms with Gasteiger partial charge in [0.2, 0.25) is 10.0 Å². The van der Waals surface area contributed by atoms with E-state index in [9.17, 15) is 13.2 Å². The Labute approximate surface area is 138 Å². The third-order valence-electron chi connectivity index (χ3n) is 3.49. The average Bonchev–Trinajstić information content (AvgIpc) is 3.04. The summed E-state index contributed by atoms with van der Waals surface area (Å²) >= 11 is 0. The average molecular weight is 345 g/mol. The molecule has 0 aliphatic heterocycles. The van der Waals surface area contributed by atoms with Gasteiger partial charge in [-0.05, 0) is 36.4 Å². The van der Waals surface area contributed by atoms with Gasteiger partial charge in [0.05, 0.1) is 10.6 Å². The van der Waals surface area contributed by atoms with Gasteiger partial charge in [0.25, 0.3) is 5.91 Å². The van der Waals surface area contributed by atoms with E-state index >= 15 is 0 Å². The molecule has 0 saturated carbocycles. The Hall–Kier alpha value is -2.78. The minimum absolute atomic E-state index is 0.127. The van der Waals surface area contributed by atoms with Crippen LogP contribution in [-0.2, 0) is 10.0 Å². The molecule has 0 fully saturated rings. The van der Waals surface area contributed by atoms with E-state index in [2.05, 4.69) is 20.7 Å². The van der Waals surface area contributed by atoms with Crippen LogP contribution in [0.15, 0.2) is 47.4 Å². The van der Waals surface area contributed by atoms with Gasteiger partial charge in [-0.1, -0.05) is 6.07 Å². The molecule has 1 heterocycles. The van der Waals surface area contributed by atoms with Crippen molar-refractivity contribution >= 4 is 32.7 Å². The summed E-state index contributed by atoms with van der Waals surface area (Å²) in [6.45, 7) is 0. The first kappa shape index (κ1) is 16.1. The molecule has 0 unspecified atom stereocenters. The predicted molar refractivity (Wildman–Crippen MR) is 89.2 cm³/mol. The van der Waals surface area contributed by atoms with E-state index in [1.165, 1.54) is 38.4 Å². The van der Waals surface area contributed by atoms with Crippen molar-refractivity contribution in [3.8, 4) is 0 Å². The molecule has 0 spiro atoms. The molecule has 0 aliphatic carbocycles. The molecule has 0 saturated heterocycles. The number of nitrogens with zero attached hydrogens (tertiary/aromatic N) is 3. The van der Waals surface area contributed by atoms with Crippen molar-refractivity contribution in [2.45, 2.75) is 4.90 Å². The molecular formula is C15H15N5O3S. The van der Waals surface area contributed by atoms with Crippen LogP contribution in [0.2, 0.25) is 0 Å². The zero-order valence-electron chi connectivity index (χ0n) is 13.0. The molecule has 124 valence electrons. The first-order chi connectivity index (χ1) is 11.4. The fourth-order valence-electron chi connectivity index (χ4n) is 2.15. The SMILES string of the molecule is CN(C)S(=O)(=O)c1ccc(C(=O)Nc2cccc3n[nH]nc23)cc1. The fourth-order valence-corrected chi connectivity index (χ4v) is 3.05. The van der Waals surface area contributed by atoms with E-state index in [-0.39, 0.29) is 10.8 Å². The number of nitrogens with one attached hydrogen (secondary N) is 2. The molecular weight excluding hydrogens is 330 g/mol. The van der Waals surface area contributed by atoms with Gasteiger partial charge in [-0.3, -0.25) is 4.79 Å². The number of aromatic amines is 1.